The number of rotatable bonds is 4. The zero-order valence-electron chi connectivity index (χ0n) is 8.38. The topological polar surface area (TPSA) is 71.8 Å². The van der Waals surface area contributed by atoms with Crippen molar-refractivity contribution >= 4 is 11.7 Å². The Bertz CT molecular complexity index is 349. The van der Waals surface area contributed by atoms with Gasteiger partial charge in [-0.25, -0.2) is 4.79 Å². The third-order valence-electron chi connectivity index (χ3n) is 1.73. The molecular weight excluding hydrogens is 196 g/mol. The van der Waals surface area contributed by atoms with E-state index in [0.29, 0.717) is 0 Å². The summed E-state index contributed by atoms with van der Waals surface area (Å²) in [6.07, 6.45) is 3.44. The molecule has 0 radical (unpaired) electrons. The summed E-state index contributed by atoms with van der Waals surface area (Å²) < 4.78 is 4.72. The molecule has 0 unspecified atom stereocenters. The molecule has 0 bridgehead atoms. The Balaban J connectivity index is 2.67. The van der Waals surface area contributed by atoms with E-state index in [0.717, 1.165) is 5.56 Å². The third-order valence-corrected chi connectivity index (χ3v) is 1.73. The van der Waals surface area contributed by atoms with Crippen LogP contribution >= 0.6 is 0 Å². The van der Waals surface area contributed by atoms with E-state index in [4.69, 9.17) is 9.94 Å². The van der Waals surface area contributed by atoms with E-state index in [2.05, 4.69) is 10.1 Å². The van der Waals surface area contributed by atoms with Gasteiger partial charge < -0.3 is 9.94 Å². The van der Waals surface area contributed by atoms with Crippen LogP contribution in [0, 0.1) is 0 Å². The largest absolute Gasteiger partial charge is 0.461 e. The lowest BCUT2D eigenvalue weighted by Gasteiger charge is -2.03. The minimum atomic E-state index is -0.608. The van der Waals surface area contributed by atoms with Gasteiger partial charge in [0.05, 0.1) is 6.61 Å². The molecule has 15 heavy (non-hydrogen) atoms. The number of esters is 1. The van der Waals surface area contributed by atoms with Gasteiger partial charge in [0.1, 0.15) is 0 Å². The molecule has 5 heteroatoms. The van der Waals surface area contributed by atoms with E-state index >= 15 is 0 Å². The smallest absolute Gasteiger partial charge is 0.356 e. The Kier molecular flexibility index (Phi) is 4.28. The van der Waals surface area contributed by atoms with E-state index in [1.54, 1.807) is 31.5 Å². The first kappa shape index (κ1) is 11.2. The Morgan fingerprint density at radius 1 is 1.67 bits per heavy atom. The van der Waals surface area contributed by atoms with Gasteiger partial charge >= 0.3 is 5.97 Å². The van der Waals surface area contributed by atoms with Crippen LogP contribution in [0.1, 0.15) is 12.5 Å². The maximum atomic E-state index is 11.2. The van der Waals surface area contributed by atoms with Crippen LogP contribution in [0.5, 0.6) is 0 Å². The van der Waals surface area contributed by atoms with E-state index in [1.807, 2.05) is 0 Å². The summed E-state index contributed by atoms with van der Waals surface area (Å²) in [6, 6.07) is 3.53. The van der Waals surface area contributed by atoms with Crippen molar-refractivity contribution in [2.45, 2.75) is 13.3 Å². The fourth-order valence-electron chi connectivity index (χ4n) is 1.06. The second-order valence-electron chi connectivity index (χ2n) is 2.81. The average molecular weight is 208 g/mol. The third kappa shape index (κ3) is 3.38. The summed E-state index contributed by atoms with van der Waals surface area (Å²) in [5.41, 5.74) is 0.767. The van der Waals surface area contributed by atoms with Crippen molar-refractivity contribution in [2.24, 2.45) is 5.16 Å². The van der Waals surface area contributed by atoms with Crippen LogP contribution in [0.2, 0.25) is 0 Å². The fourth-order valence-corrected chi connectivity index (χ4v) is 1.06. The predicted octanol–water partition coefficient (Wildman–Crippen LogP) is 1.02. The van der Waals surface area contributed by atoms with Crippen LogP contribution in [-0.4, -0.2) is 28.5 Å². The van der Waals surface area contributed by atoms with Crippen LogP contribution < -0.4 is 0 Å². The summed E-state index contributed by atoms with van der Waals surface area (Å²) in [6.45, 7) is 1.95. The number of hydrogen-bond donors (Lipinski definition) is 1. The summed E-state index contributed by atoms with van der Waals surface area (Å²) in [5.74, 6) is -0.608. The predicted molar refractivity (Wildman–Crippen MR) is 53.8 cm³/mol. The van der Waals surface area contributed by atoms with Crippen LogP contribution in [0.4, 0.5) is 0 Å². The summed E-state index contributed by atoms with van der Waals surface area (Å²) in [4.78, 5) is 15.1. The number of ether oxygens (including phenoxy) is 1. The van der Waals surface area contributed by atoms with Gasteiger partial charge in [-0.05, 0) is 18.6 Å². The lowest BCUT2D eigenvalue weighted by molar-refractivity contribution is -0.135. The molecule has 1 heterocycles. The van der Waals surface area contributed by atoms with Crippen LogP contribution in [0.25, 0.3) is 0 Å². The fraction of sp³-hybridized carbons (Fsp3) is 0.300. The molecule has 0 aliphatic carbocycles. The molecule has 80 valence electrons. The van der Waals surface area contributed by atoms with Gasteiger partial charge in [0, 0.05) is 18.8 Å². The van der Waals surface area contributed by atoms with Crippen molar-refractivity contribution < 1.29 is 14.7 Å². The summed E-state index contributed by atoms with van der Waals surface area (Å²) >= 11 is 0. The number of carbonyl (C=O) groups excluding carboxylic acids is 1. The van der Waals surface area contributed by atoms with Crippen molar-refractivity contribution in [2.75, 3.05) is 6.61 Å². The van der Waals surface area contributed by atoms with Crippen LogP contribution in [0.15, 0.2) is 29.7 Å². The number of nitrogens with zero attached hydrogens (tertiary/aromatic N) is 2. The zero-order valence-corrected chi connectivity index (χ0v) is 8.38. The summed E-state index contributed by atoms with van der Waals surface area (Å²) in [7, 11) is 0. The van der Waals surface area contributed by atoms with Crippen LogP contribution in [0.3, 0.4) is 0 Å². The first-order chi connectivity index (χ1) is 7.27. The highest BCUT2D eigenvalue weighted by molar-refractivity contribution is 6.36. The highest BCUT2D eigenvalue weighted by atomic mass is 16.5. The second-order valence-corrected chi connectivity index (χ2v) is 2.81. The Morgan fingerprint density at radius 2 is 2.47 bits per heavy atom. The van der Waals surface area contributed by atoms with Crippen molar-refractivity contribution in [3.8, 4) is 0 Å². The molecule has 0 aliphatic rings. The minimum Gasteiger partial charge on any atom is -0.461 e. The maximum Gasteiger partial charge on any atom is 0.356 e. The highest BCUT2D eigenvalue weighted by Gasteiger charge is 2.13. The molecule has 0 fully saturated rings. The Hall–Kier alpha value is -1.91. The van der Waals surface area contributed by atoms with Gasteiger partial charge in [-0.2, -0.15) is 0 Å². The van der Waals surface area contributed by atoms with E-state index < -0.39 is 5.97 Å². The van der Waals surface area contributed by atoms with Crippen molar-refractivity contribution in [1.82, 2.24) is 4.98 Å². The SMILES string of the molecule is CCOC(=O)C(Cc1cccnc1)=NO. The zero-order chi connectivity index (χ0) is 11.1. The van der Waals surface area contributed by atoms with Gasteiger partial charge in [-0.1, -0.05) is 11.2 Å². The van der Waals surface area contributed by atoms with Gasteiger partial charge in [0.25, 0.3) is 0 Å². The molecule has 0 saturated heterocycles. The maximum absolute atomic E-state index is 11.2. The second kappa shape index (κ2) is 5.74. The molecule has 1 aromatic rings. The van der Waals surface area contributed by atoms with E-state index in [1.165, 1.54) is 0 Å². The normalized spacial score (nSPS) is 11.1. The number of hydrogen-bond acceptors (Lipinski definition) is 5. The number of carbonyl (C=O) groups is 1. The molecule has 0 aliphatic heterocycles. The lowest BCUT2D eigenvalue weighted by atomic mass is 10.1. The van der Waals surface area contributed by atoms with E-state index in [-0.39, 0.29) is 18.7 Å². The molecule has 0 aromatic carbocycles. The lowest BCUT2D eigenvalue weighted by Crippen LogP contribution is -2.20. The Labute approximate surface area is 87.4 Å². The number of aromatic nitrogens is 1. The summed E-state index contributed by atoms with van der Waals surface area (Å²) in [5, 5.41) is 11.6. The quantitative estimate of drug-likeness (QED) is 0.347. The molecule has 0 amide bonds. The molecular formula is C10H12N2O3. The Morgan fingerprint density at radius 3 is 3.00 bits per heavy atom. The molecule has 1 aromatic heterocycles. The van der Waals surface area contributed by atoms with Crippen molar-refractivity contribution in [3.63, 3.8) is 0 Å². The molecule has 0 saturated carbocycles. The highest BCUT2D eigenvalue weighted by Crippen LogP contribution is 2.00. The first-order valence-corrected chi connectivity index (χ1v) is 4.55. The van der Waals surface area contributed by atoms with E-state index in [9.17, 15) is 4.79 Å². The van der Waals surface area contributed by atoms with Gasteiger partial charge in [-0.15, -0.1) is 0 Å². The standard InChI is InChI=1S/C10H12N2O3/c1-2-15-10(13)9(12-14)6-8-4-3-5-11-7-8/h3-5,7,14H,2,6H2,1H3. The van der Waals surface area contributed by atoms with Crippen molar-refractivity contribution in [3.05, 3.63) is 30.1 Å². The molecule has 0 spiro atoms. The average Bonchev–Trinajstić information content (AvgIpc) is 2.27. The monoisotopic (exact) mass is 208 g/mol. The minimum absolute atomic E-state index is 0.0233. The van der Waals surface area contributed by atoms with Gasteiger partial charge in [0.2, 0.25) is 0 Å². The molecule has 1 N–H and O–H groups in total. The molecule has 1 rings (SSSR count). The van der Waals surface area contributed by atoms with Gasteiger partial charge in [-0.3, -0.25) is 4.98 Å². The van der Waals surface area contributed by atoms with Gasteiger partial charge in [0.15, 0.2) is 5.71 Å². The molecule has 0 atom stereocenters. The number of oxime groups is 1. The first-order valence-electron chi connectivity index (χ1n) is 4.55. The van der Waals surface area contributed by atoms with Crippen LogP contribution in [-0.2, 0) is 16.0 Å². The number of pyridine rings is 1. The molecule has 5 nitrogen and oxygen atoms in total. The van der Waals surface area contributed by atoms with Crippen molar-refractivity contribution in [1.29, 1.82) is 0 Å².